The van der Waals surface area contributed by atoms with Gasteiger partial charge in [-0.2, -0.15) is 4.31 Å². The molecule has 6 nitrogen and oxygen atoms in total. The van der Waals surface area contributed by atoms with Crippen molar-refractivity contribution in [3.63, 3.8) is 0 Å². The van der Waals surface area contributed by atoms with Crippen molar-refractivity contribution in [2.45, 2.75) is 30.3 Å². The summed E-state index contributed by atoms with van der Waals surface area (Å²) in [6, 6.07) is 3.35. The second kappa shape index (κ2) is 6.51. The van der Waals surface area contributed by atoms with Gasteiger partial charge in [-0.15, -0.1) is 11.3 Å². The monoisotopic (exact) mass is 364 g/mol. The molecule has 3 aliphatic rings. The first-order valence-electron chi connectivity index (χ1n) is 8.14. The molecule has 5 rings (SSSR count). The van der Waals surface area contributed by atoms with Gasteiger partial charge in [-0.05, 0) is 30.9 Å². The fraction of sp³-hybridized carbons (Fsp3) is 0.500. The van der Waals surface area contributed by atoms with Crippen LogP contribution in [0.25, 0.3) is 0 Å². The van der Waals surface area contributed by atoms with E-state index in [1.165, 1.54) is 6.20 Å². The number of fused-ring (bicyclic) bond motifs is 4. The molecule has 8 heteroatoms. The van der Waals surface area contributed by atoms with Gasteiger partial charge in [-0.3, -0.25) is 9.88 Å². The Balaban J connectivity index is 1.57. The van der Waals surface area contributed by atoms with E-state index in [0.717, 1.165) is 38.2 Å². The minimum absolute atomic E-state index is 0.0348. The second-order valence-corrected chi connectivity index (χ2v) is 9.14. The number of aromatic nitrogens is 2. The molecule has 24 heavy (non-hydrogen) atoms. The van der Waals surface area contributed by atoms with E-state index in [-0.39, 0.29) is 6.04 Å². The maximum absolute atomic E-state index is 13.0. The van der Waals surface area contributed by atoms with Gasteiger partial charge >= 0.3 is 0 Å². The molecule has 5 heterocycles. The van der Waals surface area contributed by atoms with Crippen LogP contribution in [0.3, 0.4) is 0 Å². The third-order valence-corrected chi connectivity index (χ3v) is 7.39. The zero-order valence-corrected chi connectivity index (χ0v) is 14.9. The lowest BCUT2D eigenvalue weighted by atomic mass is 9.97. The van der Waals surface area contributed by atoms with Crippen LogP contribution in [0.5, 0.6) is 0 Å². The lowest BCUT2D eigenvalue weighted by Gasteiger charge is -2.35. The van der Waals surface area contributed by atoms with Gasteiger partial charge in [0.25, 0.3) is 0 Å². The number of rotatable bonds is 4. The van der Waals surface area contributed by atoms with Gasteiger partial charge in [-0.25, -0.2) is 13.4 Å². The van der Waals surface area contributed by atoms with Crippen molar-refractivity contribution in [1.29, 1.82) is 0 Å². The zero-order valence-electron chi connectivity index (χ0n) is 13.3. The molecule has 0 aromatic carbocycles. The number of thiazole rings is 1. The Kier molecular flexibility index (Phi) is 4.38. The van der Waals surface area contributed by atoms with E-state index in [4.69, 9.17) is 0 Å². The highest BCUT2D eigenvalue weighted by Crippen LogP contribution is 2.32. The molecule has 0 unspecified atom stereocenters. The third kappa shape index (κ3) is 3.11. The fourth-order valence-corrected chi connectivity index (χ4v) is 5.98. The molecule has 2 atom stereocenters. The van der Waals surface area contributed by atoms with Gasteiger partial charge < -0.3 is 0 Å². The summed E-state index contributed by atoms with van der Waals surface area (Å²) < 4.78 is 27.7. The molecule has 3 saturated heterocycles. The van der Waals surface area contributed by atoms with E-state index in [1.807, 2.05) is 5.51 Å². The Morgan fingerprint density at radius 3 is 2.92 bits per heavy atom. The van der Waals surface area contributed by atoms with Crippen LogP contribution in [-0.4, -0.2) is 53.3 Å². The maximum atomic E-state index is 13.0. The SMILES string of the molecule is O=S(=O)(c1cccnc1)N1C[C@H]2CC[C@@H]1CN(Cc1cscn1)C2. The van der Waals surface area contributed by atoms with Crippen molar-refractivity contribution in [2.24, 2.45) is 5.92 Å². The number of hydrogen-bond acceptors (Lipinski definition) is 6. The molecule has 2 aromatic rings. The van der Waals surface area contributed by atoms with E-state index in [9.17, 15) is 8.42 Å². The minimum atomic E-state index is -3.47. The van der Waals surface area contributed by atoms with Gasteiger partial charge in [0.2, 0.25) is 10.0 Å². The van der Waals surface area contributed by atoms with Gasteiger partial charge in [0.1, 0.15) is 4.90 Å². The summed E-state index contributed by atoms with van der Waals surface area (Å²) in [6.45, 7) is 3.12. The lowest BCUT2D eigenvalue weighted by molar-refractivity contribution is 0.225. The second-order valence-electron chi connectivity index (χ2n) is 6.53. The normalized spacial score (nSPS) is 25.7. The molecule has 128 valence electrons. The number of piperidine rings is 1. The van der Waals surface area contributed by atoms with Crippen molar-refractivity contribution >= 4 is 21.4 Å². The van der Waals surface area contributed by atoms with Gasteiger partial charge in [0.15, 0.2) is 0 Å². The fourth-order valence-electron chi connectivity index (χ4n) is 3.74. The van der Waals surface area contributed by atoms with Crippen LogP contribution in [0.1, 0.15) is 18.5 Å². The minimum Gasteiger partial charge on any atom is -0.296 e. The molecule has 0 radical (unpaired) electrons. The Bertz CT molecular complexity index is 780. The van der Waals surface area contributed by atoms with Crippen LogP contribution in [0, 0.1) is 5.92 Å². The van der Waals surface area contributed by atoms with Crippen molar-refractivity contribution in [2.75, 3.05) is 19.6 Å². The van der Waals surface area contributed by atoms with E-state index in [1.54, 1.807) is 34.0 Å². The number of hydrogen-bond donors (Lipinski definition) is 0. The highest BCUT2D eigenvalue weighted by molar-refractivity contribution is 7.89. The maximum Gasteiger partial charge on any atom is 0.244 e. The van der Waals surface area contributed by atoms with Crippen LogP contribution in [0.4, 0.5) is 0 Å². The van der Waals surface area contributed by atoms with Crippen LogP contribution < -0.4 is 0 Å². The lowest BCUT2D eigenvalue weighted by Crippen LogP contribution is -2.47. The molecule has 0 saturated carbocycles. The summed E-state index contributed by atoms with van der Waals surface area (Å²) in [4.78, 5) is 11.0. The van der Waals surface area contributed by atoms with E-state index in [2.05, 4.69) is 20.2 Å². The zero-order chi connectivity index (χ0) is 16.6. The Morgan fingerprint density at radius 1 is 1.25 bits per heavy atom. The smallest absolute Gasteiger partial charge is 0.244 e. The van der Waals surface area contributed by atoms with Crippen molar-refractivity contribution in [3.05, 3.63) is 41.1 Å². The summed E-state index contributed by atoms with van der Waals surface area (Å²) in [5.74, 6) is 0.383. The summed E-state index contributed by atoms with van der Waals surface area (Å²) in [5, 5.41) is 2.07. The van der Waals surface area contributed by atoms with E-state index in [0.29, 0.717) is 17.4 Å². The molecule has 3 fully saturated rings. The highest BCUT2D eigenvalue weighted by Gasteiger charge is 2.41. The quantitative estimate of drug-likeness (QED) is 0.828. The average molecular weight is 364 g/mol. The van der Waals surface area contributed by atoms with Crippen molar-refractivity contribution in [1.82, 2.24) is 19.2 Å². The van der Waals surface area contributed by atoms with Crippen molar-refractivity contribution in [3.8, 4) is 0 Å². The van der Waals surface area contributed by atoms with E-state index >= 15 is 0 Å². The van der Waals surface area contributed by atoms with Gasteiger partial charge in [-0.1, -0.05) is 0 Å². The molecule has 2 bridgehead atoms. The number of pyridine rings is 1. The van der Waals surface area contributed by atoms with Crippen LogP contribution in [-0.2, 0) is 16.6 Å². The van der Waals surface area contributed by atoms with Gasteiger partial charge in [0.05, 0.1) is 11.2 Å². The largest absolute Gasteiger partial charge is 0.296 e. The molecule has 2 aromatic heterocycles. The first-order valence-corrected chi connectivity index (χ1v) is 10.5. The predicted molar refractivity (Wildman–Crippen MR) is 92.0 cm³/mol. The highest BCUT2D eigenvalue weighted by atomic mass is 32.2. The standard InChI is InChI=1S/C16H20N4O2S2/c21-24(22,16-2-1-5-17-6-16)20-8-13-3-4-15(20)10-19(7-13)9-14-11-23-12-18-14/h1-2,5-6,11-13,15H,3-4,7-10H2/t13-,15+/m0/s1. The first-order chi connectivity index (χ1) is 11.6. The van der Waals surface area contributed by atoms with Crippen LogP contribution in [0.15, 0.2) is 40.3 Å². The molecule has 0 aliphatic carbocycles. The summed E-state index contributed by atoms with van der Waals surface area (Å²) in [5.41, 5.74) is 2.92. The Hall–Kier alpha value is -1.35. The van der Waals surface area contributed by atoms with Crippen molar-refractivity contribution < 1.29 is 8.42 Å². The van der Waals surface area contributed by atoms with E-state index < -0.39 is 10.0 Å². The Labute approximate surface area is 146 Å². The Morgan fingerprint density at radius 2 is 2.17 bits per heavy atom. The molecular formula is C16H20N4O2S2. The molecular weight excluding hydrogens is 344 g/mol. The van der Waals surface area contributed by atoms with Crippen LogP contribution in [0.2, 0.25) is 0 Å². The van der Waals surface area contributed by atoms with Crippen LogP contribution >= 0.6 is 11.3 Å². The summed E-state index contributed by atoms with van der Waals surface area (Å²) in [6.07, 6.45) is 5.07. The molecule has 0 N–H and O–H groups in total. The average Bonchev–Trinajstić information content (AvgIpc) is 2.94. The summed E-state index contributed by atoms with van der Waals surface area (Å²) in [7, 11) is -3.47. The predicted octanol–water partition coefficient (Wildman–Crippen LogP) is 1.82. The molecule has 0 spiro atoms. The number of sulfonamides is 1. The first kappa shape index (κ1) is 16.1. The molecule has 0 amide bonds. The number of nitrogens with zero attached hydrogens (tertiary/aromatic N) is 4. The third-order valence-electron chi connectivity index (χ3n) is 4.85. The topological polar surface area (TPSA) is 66.4 Å². The molecule has 3 aliphatic heterocycles. The van der Waals surface area contributed by atoms with Gasteiger partial charge in [0, 0.05) is 50.0 Å². The summed E-state index contributed by atoms with van der Waals surface area (Å²) >= 11 is 1.60.